The lowest BCUT2D eigenvalue weighted by molar-refractivity contribution is -0.218. The highest BCUT2D eigenvalue weighted by Crippen LogP contribution is 2.47. The molecule has 152 valence electrons. The molecule has 1 fully saturated rings. The van der Waals surface area contributed by atoms with Gasteiger partial charge < -0.3 is 4.74 Å². The zero-order chi connectivity index (χ0) is 20.5. The largest absolute Gasteiger partial charge is 0.458 e. The molecule has 1 saturated carbocycles. The van der Waals surface area contributed by atoms with E-state index < -0.39 is 35.4 Å². The fraction of sp³-hybridized carbons (Fsp3) is 0.833. The van der Waals surface area contributed by atoms with Crippen molar-refractivity contribution in [3.8, 4) is 0 Å². The first-order valence-corrected chi connectivity index (χ1v) is 8.64. The number of esters is 1. The van der Waals surface area contributed by atoms with Gasteiger partial charge in [0.2, 0.25) is 0 Å². The van der Waals surface area contributed by atoms with E-state index in [1.165, 1.54) is 13.8 Å². The summed E-state index contributed by atoms with van der Waals surface area (Å²) in [7, 11) is 0. The molecule has 1 rings (SSSR count). The normalized spacial score (nSPS) is 25.4. The summed E-state index contributed by atoms with van der Waals surface area (Å²) in [6.07, 6.45) is -8.31. The molecule has 0 aromatic carbocycles. The van der Waals surface area contributed by atoms with Gasteiger partial charge in [0.1, 0.15) is 11.7 Å². The summed E-state index contributed by atoms with van der Waals surface area (Å²) in [6, 6.07) is 0. The third-order valence-corrected chi connectivity index (χ3v) is 5.49. The van der Waals surface area contributed by atoms with Gasteiger partial charge in [-0.2, -0.15) is 26.3 Å². The van der Waals surface area contributed by atoms with E-state index in [0.717, 1.165) is 0 Å². The van der Waals surface area contributed by atoms with Gasteiger partial charge >= 0.3 is 18.3 Å². The zero-order valence-electron chi connectivity index (χ0n) is 15.4. The summed E-state index contributed by atoms with van der Waals surface area (Å²) in [6.45, 7) is 8.61. The second kappa shape index (κ2) is 7.80. The molecule has 0 radical (unpaired) electrons. The van der Waals surface area contributed by atoms with Crippen molar-refractivity contribution in [1.82, 2.24) is 0 Å². The van der Waals surface area contributed by atoms with Crippen LogP contribution in [-0.2, 0) is 9.53 Å². The molecule has 26 heavy (non-hydrogen) atoms. The first-order valence-electron chi connectivity index (χ1n) is 8.64. The van der Waals surface area contributed by atoms with Gasteiger partial charge in [0, 0.05) is 0 Å². The number of rotatable bonds is 7. The number of carbonyl (C=O) groups excluding carboxylic acids is 1. The molecule has 0 N–H and O–H groups in total. The van der Waals surface area contributed by atoms with Crippen LogP contribution >= 0.6 is 0 Å². The molecule has 4 atom stereocenters. The van der Waals surface area contributed by atoms with Crippen LogP contribution in [0.3, 0.4) is 0 Å². The molecule has 8 heteroatoms. The second-order valence-electron chi connectivity index (χ2n) is 7.87. The minimum atomic E-state index is -4.83. The number of carbonyl (C=O) groups is 1. The van der Waals surface area contributed by atoms with E-state index in [1.54, 1.807) is 6.92 Å². The lowest BCUT2D eigenvalue weighted by atomic mass is 9.66. The van der Waals surface area contributed by atoms with Gasteiger partial charge in [-0.25, -0.2) is 4.79 Å². The summed E-state index contributed by atoms with van der Waals surface area (Å²) in [4.78, 5) is 11.5. The topological polar surface area (TPSA) is 26.3 Å². The monoisotopic (exact) mass is 388 g/mol. The van der Waals surface area contributed by atoms with E-state index in [4.69, 9.17) is 4.74 Å². The Labute approximate surface area is 150 Å². The highest BCUT2D eigenvalue weighted by Gasteiger charge is 2.49. The van der Waals surface area contributed by atoms with Crippen LogP contribution in [0.1, 0.15) is 53.4 Å². The van der Waals surface area contributed by atoms with E-state index >= 15 is 0 Å². The molecule has 2 nitrogen and oxygen atoms in total. The number of alkyl halides is 6. The van der Waals surface area contributed by atoms with Crippen LogP contribution in [0, 0.1) is 23.2 Å². The molecular formula is C18H26F6O2. The highest BCUT2D eigenvalue weighted by atomic mass is 19.4. The molecule has 0 saturated heterocycles. The third kappa shape index (κ3) is 5.39. The van der Waals surface area contributed by atoms with Gasteiger partial charge in [-0.3, -0.25) is 0 Å². The minimum absolute atomic E-state index is 0.00838. The maximum Gasteiger partial charge on any atom is 0.422 e. The van der Waals surface area contributed by atoms with Crippen LogP contribution in [0.25, 0.3) is 0 Å². The maximum atomic E-state index is 13.1. The van der Waals surface area contributed by atoms with Crippen LogP contribution in [0.4, 0.5) is 26.3 Å². The van der Waals surface area contributed by atoms with E-state index in [-0.39, 0.29) is 24.2 Å². The Kier molecular flexibility index (Phi) is 6.85. The number of hydrogen-bond acceptors (Lipinski definition) is 2. The minimum Gasteiger partial charge on any atom is -0.458 e. The molecule has 1 aliphatic rings. The molecule has 0 aliphatic heterocycles. The molecule has 0 aromatic rings. The van der Waals surface area contributed by atoms with Crippen molar-refractivity contribution < 1.29 is 35.9 Å². The van der Waals surface area contributed by atoms with E-state index in [0.29, 0.717) is 19.3 Å². The molecule has 0 amide bonds. The third-order valence-electron chi connectivity index (χ3n) is 5.49. The van der Waals surface area contributed by atoms with Gasteiger partial charge in [-0.1, -0.05) is 40.7 Å². The zero-order valence-corrected chi connectivity index (χ0v) is 15.4. The van der Waals surface area contributed by atoms with Crippen LogP contribution < -0.4 is 0 Å². The van der Waals surface area contributed by atoms with Crippen molar-refractivity contribution in [2.45, 2.75) is 71.8 Å². The van der Waals surface area contributed by atoms with E-state index in [1.807, 2.05) is 6.92 Å². The maximum absolute atomic E-state index is 13.1. The van der Waals surface area contributed by atoms with E-state index in [2.05, 4.69) is 6.58 Å². The van der Waals surface area contributed by atoms with Gasteiger partial charge in [-0.15, -0.1) is 0 Å². The lowest BCUT2D eigenvalue weighted by Crippen LogP contribution is -2.44. The van der Waals surface area contributed by atoms with Crippen molar-refractivity contribution in [3.63, 3.8) is 0 Å². The van der Waals surface area contributed by atoms with Crippen molar-refractivity contribution in [1.29, 1.82) is 0 Å². The first kappa shape index (κ1) is 22.8. The summed E-state index contributed by atoms with van der Waals surface area (Å²) in [5, 5.41) is 0. The van der Waals surface area contributed by atoms with Crippen molar-refractivity contribution in [3.05, 3.63) is 12.2 Å². The number of halogens is 6. The van der Waals surface area contributed by atoms with E-state index in [9.17, 15) is 31.1 Å². The average molecular weight is 388 g/mol. The molecule has 4 unspecified atom stereocenters. The summed E-state index contributed by atoms with van der Waals surface area (Å²) in [5.74, 6) is -1.80. The van der Waals surface area contributed by atoms with Gasteiger partial charge in [-0.05, 0) is 37.0 Å². The smallest absolute Gasteiger partial charge is 0.422 e. The standard InChI is InChI=1S/C18H26F6O2/c1-6-12(9-16(4,5)18(22,23)24)7-13-8-14(10(13)2)26-15(25)11(3)17(19,20)21/h10,12-14H,3,6-9H2,1-2,4-5H3. The van der Waals surface area contributed by atoms with Gasteiger partial charge in [0.05, 0.1) is 5.41 Å². The Hall–Kier alpha value is -1.21. The lowest BCUT2D eigenvalue weighted by Gasteiger charge is -2.44. The quantitative estimate of drug-likeness (QED) is 0.301. The Morgan fingerprint density at radius 3 is 2.12 bits per heavy atom. The van der Waals surface area contributed by atoms with Crippen LogP contribution in [-0.4, -0.2) is 24.4 Å². The predicted molar refractivity (Wildman–Crippen MR) is 85.2 cm³/mol. The van der Waals surface area contributed by atoms with Crippen LogP contribution in [0.15, 0.2) is 12.2 Å². The molecular weight excluding hydrogens is 362 g/mol. The summed E-state index contributed by atoms with van der Waals surface area (Å²) >= 11 is 0. The van der Waals surface area contributed by atoms with Gasteiger partial charge in [0.25, 0.3) is 0 Å². The number of hydrogen-bond donors (Lipinski definition) is 0. The molecule has 0 heterocycles. The Balaban J connectivity index is 2.57. The number of ether oxygens (including phenoxy) is 1. The first-order chi connectivity index (χ1) is 11.6. The van der Waals surface area contributed by atoms with Crippen LogP contribution in [0.5, 0.6) is 0 Å². The Bertz CT molecular complexity index is 521. The summed E-state index contributed by atoms with van der Waals surface area (Å²) < 4.78 is 81.3. The Morgan fingerprint density at radius 1 is 1.19 bits per heavy atom. The Morgan fingerprint density at radius 2 is 1.73 bits per heavy atom. The fourth-order valence-corrected chi connectivity index (χ4v) is 3.29. The molecule has 0 bridgehead atoms. The van der Waals surface area contributed by atoms with Crippen LogP contribution in [0.2, 0.25) is 0 Å². The highest BCUT2D eigenvalue weighted by molar-refractivity contribution is 5.89. The molecule has 0 aromatic heterocycles. The fourth-order valence-electron chi connectivity index (χ4n) is 3.29. The van der Waals surface area contributed by atoms with Crippen molar-refractivity contribution in [2.75, 3.05) is 0 Å². The van der Waals surface area contributed by atoms with Gasteiger partial charge in [0.15, 0.2) is 0 Å². The molecule has 0 spiro atoms. The second-order valence-corrected chi connectivity index (χ2v) is 7.87. The summed E-state index contributed by atoms with van der Waals surface area (Å²) in [5.41, 5.74) is -3.34. The SMILES string of the molecule is C=C(C(=O)OC1CC(CC(CC)CC(C)(C)C(F)(F)F)C1C)C(F)(F)F. The van der Waals surface area contributed by atoms with Crippen molar-refractivity contribution >= 4 is 5.97 Å². The predicted octanol–water partition coefficient (Wildman–Crippen LogP) is 6.07. The average Bonchev–Trinajstić information content (AvgIpc) is 2.49. The van der Waals surface area contributed by atoms with Crippen molar-refractivity contribution in [2.24, 2.45) is 23.2 Å². The molecule has 1 aliphatic carbocycles.